The van der Waals surface area contributed by atoms with Crippen molar-refractivity contribution in [3.63, 3.8) is 0 Å². The van der Waals surface area contributed by atoms with Crippen molar-refractivity contribution in [2.75, 3.05) is 5.32 Å². The molecule has 2 aromatic rings. The molecule has 21 heavy (non-hydrogen) atoms. The van der Waals surface area contributed by atoms with Gasteiger partial charge < -0.3 is 5.32 Å². The van der Waals surface area contributed by atoms with Crippen LogP contribution in [0.5, 0.6) is 0 Å². The third-order valence-electron chi connectivity index (χ3n) is 3.74. The van der Waals surface area contributed by atoms with E-state index in [2.05, 4.69) is 20.4 Å². The van der Waals surface area contributed by atoms with Gasteiger partial charge in [-0.25, -0.2) is 14.6 Å². The molecule has 0 saturated heterocycles. The van der Waals surface area contributed by atoms with Gasteiger partial charge in [-0.2, -0.15) is 5.10 Å². The first-order chi connectivity index (χ1) is 10.2. The second kappa shape index (κ2) is 6.22. The van der Waals surface area contributed by atoms with Crippen molar-refractivity contribution in [2.45, 2.75) is 32.4 Å². The van der Waals surface area contributed by atoms with E-state index in [0.717, 1.165) is 5.69 Å². The molecule has 1 N–H and O–H groups in total. The molecule has 2 heterocycles. The molecule has 0 radical (unpaired) electrons. The molecule has 0 atom stereocenters. The van der Waals surface area contributed by atoms with E-state index in [0.29, 0.717) is 29.7 Å². The molecule has 1 aliphatic rings. The van der Waals surface area contributed by atoms with Crippen LogP contribution in [0.1, 0.15) is 25.0 Å². The van der Waals surface area contributed by atoms with Gasteiger partial charge in [-0.05, 0) is 24.8 Å². The maximum atomic E-state index is 12.4. The number of nitrogens with one attached hydrogen (secondary N) is 1. The minimum atomic E-state index is -0.177. The van der Waals surface area contributed by atoms with Crippen molar-refractivity contribution in [3.05, 3.63) is 45.9 Å². The Morgan fingerprint density at radius 3 is 2.95 bits per heavy atom. The molecule has 0 unspecified atom stereocenters. The van der Waals surface area contributed by atoms with Crippen LogP contribution in [0.15, 0.2) is 29.6 Å². The predicted octanol–water partition coefficient (Wildman–Crippen LogP) is 2.10. The Morgan fingerprint density at radius 1 is 1.43 bits per heavy atom. The fraction of sp³-hybridized carbons (Fsp3) is 0.429. The van der Waals surface area contributed by atoms with Gasteiger partial charge in [0.1, 0.15) is 12.0 Å². The summed E-state index contributed by atoms with van der Waals surface area (Å²) in [6.45, 7) is 1.09. The van der Waals surface area contributed by atoms with Crippen LogP contribution < -0.4 is 10.9 Å². The average molecular weight is 306 g/mol. The number of hydrogen-bond donors (Lipinski definition) is 1. The molecule has 3 rings (SSSR count). The monoisotopic (exact) mass is 305 g/mol. The molecular weight excluding hydrogens is 290 g/mol. The molecule has 7 heteroatoms. The van der Waals surface area contributed by atoms with Crippen LogP contribution in [0.2, 0.25) is 5.02 Å². The highest BCUT2D eigenvalue weighted by Crippen LogP contribution is 2.27. The van der Waals surface area contributed by atoms with E-state index >= 15 is 0 Å². The van der Waals surface area contributed by atoms with Gasteiger partial charge in [0.25, 0.3) is 5.56 Å². The molecule has 0 aromatic carbocycles. The predicted molar refractivity (Wildman–Crippen MR) is 80.2 cm³/mol. The van der Waals surface area contributed by atoms with Crippen LogP contribution in [-0.2, 0) is 13.1 Å². The van der Waals surface area contributed by atoms with Gasteiger partial charge in [0.05, 0.1) is 23.5 Å². The van der Waals surface area contributed by atoms with Crippen molar-refractivity contribution < 1.29 is 0 Å². The van der Waals surface area contributed by atoms with E-state index in [4.69, 9.17) is 11.6 Å². The van der Waals surface area contributed by atoms with Crippen molar-refractivity contribution in [3.8, 4) is 0 Å². The van der Waals surface area contributed by atoms with Crippen LogP contribution >= 0.6 is 11.6 Å². The van der Waals surface area contributed by atoms with Gasteiger partial charge >= 0.3 is 0 Å². The van der Waals surface area contributed by atoms with E-state index in [1.807, 2.05) is 0 Å². The molecule has 1 saturated carbocycles. The van der Waals surface area contributed by atoms with E-state index in [9.17, 15) is 4.79 Å². The highest BCUT2D eigenvalue weighted by Gasteiger charge is 2.20. The van der Waals surface area contributed by atoms with Crippen LogP contribution in [-0.4, -0.2) is 19.7 Å². The highest BCUT2D eigenvalue weighted by molar-refractivity contribution is 6.32. The second-order valence-electron chi connectivity index (χ2n) is 5.21. The van der Waals surface area contributed by atoms with Gasteiger partial charge in [0, 0.05) is 12.7 Å². The first-order valence-corrected chi connectivity index (χ1v) is 7.36. The van der Waals surface area contributed by atoms with Crippen LogP contribution in [0.25, 0.3) is 0 Å². The molecule has 0 spiro atoms. The summed E-state index contributed by atoms with van der Waals surface area (Å²) in [5.74, 6) is 0.561. The standard InChI is InChI=1S/C14H16ClN5O/c15-12-7-19-20(8-10-2-1-3-10)14(21)13(12)17-6-11-4-5-16-9-18-11/h4-5,7,9-10,17H,1-3,6,8H2. The summed E-state index contributed by atoms with van der Waals surface area (Å²) in [5, 5.41) is 7.51. The normalized spacial score (nSPS) is 14.7. The third-order valence-corrected chi connectivity index (χ3v) is 4.03. The first kappa shape index (κ1) is 14.0. The first-order valence-electron chi connectivity index (χ1n) is 6.98. The summed E-state index contributed by atoms with van der Waals surface area (Å²) in [6.07, 6.45) is 8.23. The molecule has 0 amide bonds. The number of hydrogen-bond acceptors (Lipinski definition) is 5. The maximum Gasteiger partial charge on any atom is 0.291 e. The third kappa shape index (κ3) is 3.21. The number of anilines is 1. The Kier molecular flexibility index (Phi) is 4.15. The fourth-order valence-electron chi connectivity index (χ4n) is 2.28. The molecule has 6 nitrogen and oxygen atoms in total. The Hall–Kier alpha value is -1.95. The largest absolute Gasteiger partial charge is 0.374 e. The SMILES string of the molecule is O=c1c(NCc2ccncn2)c(Cl)cnn1CC1CCC1. The van der Waals surface area contributed by atoms with Gasteiger partial charge in [-0.3, -0.25) is 4.79 Å². The lowest BCUT2D eigenvalue weighted by molar-refractivity contribution is 0.262. The van der Waals surface area contributed by atoms with Crippen LogP contribution in [0.4, 0.5) is 5.69 Å². The fourth-order valence-corrected chi connectivity index (χ4v) is 2.47. The molecular formula is C14H16ClN5O. The Morgan fingerprint density at radius 2 is 2.29 bits per heavy atom. The Balaban J connectivity index is 1.77. The van der Waals surface area contributed by atoms with Gasteiger partial charge in [0.2, 0.25) is 0 Å². The zero-order chi connectivity index (χ0) is 14.7. The molecule has 1 fully saturated rings. The Labute approximate surface area is 127 Å². The highest BCUT2D eigenvalue weighted by atomic mass is 35.5. The van der Waals surface area contributed by atoms with Crippen molar-refractivity contribution in [2.24, 2.45) is 5.92 Å². The average Bonchev–Trinajstić information content (AvgIpc) is 2.45. The quantitative estimate of drug-likeness (QED) is 0.916. The molecule has 0 bridgehead atoms. The number of nitrogens with zero attached hydrogens (tertiary/aromatic N) is 4. The van der Waals surface area contributed by atoms with E-state index in [1.54, 1.807) is 12.3 Å². The summed E-state index contributed by atoms with van der Waals surface area (Å²) in [7, 11) is 0. The summed E-state index contributed by atoms with van der Waals surface area (Å²) >= 11 is 6.08. The van der Waals surface area contributed by atoms with Crippen molar-refractivity contribution >= 4 is 17.3 Å². The summed E-state index contributed by atoms with van der Waals surface area (Å²) in [4.78, 5) is 20.4. The number of aromatic nitrogens is 4. The van der Waals surface area contributed by atoms with Crippen molar-refractivity contribution in [1.82, 2.24) is 19.7 Å². The lowest BCUT2D eigenvalue weighted by atomic mass is 9.85. The molecule has 0 aliphatic heterocycles. The molecule has 1 aliphatic carbocycles. The van der Waals surface area contributed by atoms with E-state index in [1.165, 1.54) is 36.5 Å². The second-order valence-corrected chi connectivity index (χ2v) is 5.61. The molecule has 2 aromatic heterocycles. The zero-order valence-corrected chi connectivity index (χ0v) is 12.3. The lowest BCUT2D eigenvalue weighted by Crippen LogP contribution is -2.30. The van der Waals surface area contributed by atoms with Gasteiger partial charge in [-0.15, -0.1) is 0 Å². The summed E-state index contributed by atoms with van der Waals surface area (Å²) < 4.78 is 1.50. The van der Waals surface area contributed by atoms with E-state index < -0.39 is 0 Å². The van der Waals surface area contributed by atoms with Crippen molar-refractivity contribution in [1.29, 1.82) is 0 Å². The smallest absolute Gasteiger partial charge is 0.291 e. The maximum absolute atomic E-state index is 12.4. The zero-order valence-electron chi connectivity index (χ0n) is 11.5. The summed E-state index contributed by atoms with van der Waals surface area (Å²) in [5.41, 5.74) is 0.996. The van der Waals surface area contributed by atoms with Crippen LogP contribution in [0, 0.1) is 5.92 Å². The topological polar surface area (TPSA) is 72.7 Å². The minimum absolute atomic E-state index is 0.177. The lowest BCUT2D eigenvalue weighted by Gasteiger charge is -2.25. The minimum Gasteiger partial charge on any atom is -0.374 e. The number of rotatable bonds is 5. The van der Waals surface area contributed by atoms with Gasteiger partial charge in [-0.1, -0.05) is 18.0 Å². The van der Waals surface area contributed by atoms with E-state index in [-0.39, 0.29) is 5.56 Å². The molecule has 110 valence electrons. The van der Waals surface area contributed by atoms with Crippen LogP contribution in [0.3, 0.4) is 0 Å². The number of halogens is 1. The van der Waals surface area contributed by atoms with Gasteiger partial charge in [0.15, 0.2) is 0 Å². The summed E-state index contributed by atoms with van der Waals surface area (Å²) in [6, 6.07) is 1.79. The Bertz CT molecular complexity index is 669.